The van der Waals surface area contributed by atoms with Crippen molar-refractivity contribution in [1.29, 1.82) is 0 Å². The molecule has 33 heavy (non-hydrogen) atoms. The second-order valence-electron chi connectivity index (χ2n) is 13.7. The van der Waals surface area contributed by atoms with Gasteiger partial charge >= 0.3 is 0 Å². The Bertz CT molecular complexity index is 745. The maximum atomic E-state index is 4.94. The summed E-state index contributed by atoms with van der Waals surface area (Å²) < 4.78 is 0. The van der Waals surface area contributed by atoms with Crippen LogP contribution < -0.4 is 0 Å². The minimum Gasteiger partial charge on any atom is -0.260 e. The fourth-order valence-electron chi connectivity index (χ4n) is 7.84. The first kappa shape index (κ1) is 26.7. The highest BCUT2D eigenvalue weighted by atomic mass is 14.7. The molecule has 1 nitrogen and oxygen atoms in total. The summed E-state index contributed by atoms with van der Waals surface area (Å²) in [6.45, 7) is 21.9. The molecule has 0 amide bonds. The predicted molar refractivity (Wildman–Crippen MR) is 145 cm³/mol. The average molecular weight is 454 g/mol. The summed E-state index contributed by atoms with van der Waals surface area (Å²) in [5.41, 5.74) is 4.78. The van der Waals surface area contributed by atoms with Crippen LogP contribution in [0.1, 0.15) is 142 Å². The molecule has 1 aromatic heterocycles. The van der Waals surface area contributed by atoms with Crippen LogP contribution in [0.4, 0.5) is 0 Å². The maximum absolute atomic E-state index is 4.94. The molecule has 2 aliphatic rings. The third kappa shape index (κ3) is 6.64. The van der Waals surface area contributed by atoms with E-state index in [2.05, 4.69) is 74.6 Å². The van der Waals surface area contributed by atoms with E-state index in [0.717, 1.165) is 35.5 Å². The first-order valence-corrected chi connectivity index (χ1v) is 14.5. The Balaban J connectivity index is 1.64. The lowest BCUT2D eigenvalue weighted by molar-refractivity contribution is 0.0586. The Labute approximate surface area is 206 Å². The fraction of sp³-hybridized carbons (Fsp3) is 0.844. The number of aromatic nitrogens is 1. The topological polar surface area (TPSA) is 12.9 Å². The average Bonchev–Trinajstić information content (AvgIpc) is 2.74. The van der Waals surface area contributed by atoms with Gasteiger partial charge in [0.25, 0.3) is 0 Å². The van der Waals surface area contributed by atoms with E-state index < -0.39 is 0 Å². The van der Waals surface area contributed by atoms with Gasteiger partial charge in [0.1, 0.15) is 0 Å². The van der Waals surface area contributed by atoms with Gasteiger partial charge in [-0.2, -0.15) is 0 Å². The zero-order valence-corrected chi connectivity index (χ0v) is 23.6. The lowest BCUT2D eigenvalue weighted by Crippen LogP contribution is -2.35. The Morgan fingerprint density at radius 2 is 1.67 bits per heavy atom. The Hall–Kier alpha value is -0.850. The summed E-state index contributed by atoms with van der Waals surface area (Å²) in [6, 6.07) is 2.49. The van der Waals surface area contributed by atoms with Crippen molar-refractivity contribution in [3.63, 3.8) is 0 Å². The minimum absolute atomic E-state index is 0.504. The number of rotatable bonds is 8. The van der Waals surface area contributed by atoms with Gasteiger partial charge < -0.3 is 0 Å². The van der Waals surface area contributed by atoms with E-state index in [1.807, 2.05) is 0 Å². The number of pyridine rings is 1. The third-order valence-corrected chi connectivity index (χ3v) is 9.81. The van der Waals surface area contributed by atoms with E-state index in [9.17, 15) is 0 Å². The van der Waals surface area contributed by atoms with Crippen molar-refractivity contribution >= 4 is 0 Å². The van der Waals surface area contributed by atoms with Crippen LogP contribution in [0.5, 0.6) is 0 Å². The summed E-state index contributed by atoms with van der Waals surface area (Å²) >= 11 is 0. The van der Waals surface area contributed by atoms with Gasteiger partial charge in [-0.05, 0) is 96.0 Å². The van der Waals surface area contributed by atoms with E-state index in [1.165, 1.54) is 74.6 Å². The first-order valence-electron chi connectivity index (χ1n) is 14.5. The number of hydrogen-bond donors (Lipinski definition) is 0. The number of hydrogen-bond acceptors (Lipinski definition) is 1. The van der Waals surface area contributed by atoms with Gasteiger partial charge in [0.05, 0.1) is 0 Å². The molecular weight excluding hydrogens is 398 g/mol. The summed E-state index contributed by atoms with van der Waals surface area (Å²) in [5.74, 6) is 6.29. The monoisotopic (exact) mass is 453 g/mol. The Morgan fingerprint density at radius 3 is 2.30 bits per heavy atom. The number of nitrogens with zero attached hydrogens (tertiary/aromatic N) is 1. The van der Waals surface area contributed by atoms with Gasteiger partial charge in [0.15, 0.2) is 0 Å². The van der Waals surface area contributed by atoms with Crippen LogP contribution in [0, 0.1) is 40.9 Å². The van der Waals surface area contributed by atoms with E-state index in [-0.39, 0.29) is 0 Å². The molecule has 2 aliphatic carbocycles. The van der Waals surface area contributed by atoms with Crippen molar-refractivity contribution in [2.24, 2.45) is 40.9 Å². The van der Waals surface area contributed by atoms with E-state index in [0.29, 0.717) is 17.3 Å². The third-order valence-electron chi connectivity index (χ3n) is 9.81. The van der Waals surface area contributed by atoms with E-state index in [4.69, 9.17) is 4.98 Å². The molecule has 0 saturated heterocycles. The van der Waals surface area contributed by atoms with Crippen LogP contribution in [0.2, 0.25) is 0 Å². The van der Waals surface area contributed by atoms with E-state index >= 15 is 0 Å². The zero-order valence-electron chi connectivity index (χ0n) is 23.6. The lowest BCUT2D eigenvalue weighted by Gasteiger charge is -2.45. The van der Waals surface area contributed by atoms with Gasteiger partial charge in [-0.3, -0.25) is 4.98 Å². The van der Waals surface area contributed by atoms with Crippen molar-refractivity contribution in [3.05, 3.63) is 29.1 Å². The molecule has 2 fully saturated rings. The van der Waals surface area contributed by atoms with Crippen molar-refractivity contribution in [1.82, 2.24) is 4.98 Å². The molecule has 0 spiro atoms. The van der Waals surface area contributed by atoms with Gasteiger partial charge in [-0.1, -0.05) is 94.1 Å². The summed E-state index contributed by atoms with van der Waals surface area (Å²) in [6.07, 6.45) is 15.0. The molecule has 1 heteroatoms. The van der Waals surface area contributed by atoms with Gasteiger partial charge in [-0.25, -0.2) is 0 Å². The normalized spacial score (nSPS) is 29.9. The fourth-order valence-corrected chi connectivity index (χ4v) is 7.84. The molecule has 0 bridgehead atoms. The molecule has 6 unspecified atom stereocenters. The molecule has 0 radical (unpaired) electrons. The van der Waals surface area contributed by atoms with Crippen LogP contribution >= 0.6 is 0 Å². The standard InChI is InChI=1S/C32H55N/c1-21(2)28-19-27(20-33-31(28)22(3)4)16-24(6)29-18-26(14-13-23(29)5)17-25(7)30-12-10-11-15-32(30,8)9/h19-26,29-30H,10-18H2,1-9H3. The van der Waals surface area contributed by atoms with Gasteiger partial charge in [0, 0.05) is 11.9 Å². The van der Waals surface area contributed by atoms with Crippen LogP contribution in [-0.4, -0.2) is 4.98 Å². The predicted octanol–water partition coefficient (Wildman–Crippen LogP) is 9.80. The molecule has 2 saturated carbocycles. The smallest absolute Gasteiger partial charge is 0.0463 e. The van der Waals surface area contributed by atoms with Gasteiger partial charge in [0.2, 0.25) is 0 Å². The molecule has 3 rings (SSSR count). The molecule has 188 valence electrons. The second kappa shape index (κ2) is 11.3. The van der Waals surface area contributed by atoms with E-state index in [1.54, 1.807) is 0 Å². The lowest BCUT2D eigenvalue weighted by atomic mass is 9.61. The maximum Gasteiger partial charge on any atom is 0.0463 e. The van der Waals surface area contributed by atoms with Crippen LogP contribution in [0.25, 0.3) is 0 Å². The van der Waals surface area contributed by atoms with Crippen LogP contribution in [0.3, 0.4) is 0 Å². The quantitative estimate of drug-likeness (QED) is 0.381. The van der Waals surface area contributed by atoms with Crippen LogP contribution in [0.15, 0.2) is 12.3 Å². The molecular formula is C32H55N. The van der Waals surface area contributed by atoms with Crippen LogP contribution in [-0.2, 0) is 6.42 Å². The highest BCUT2D eigenvalue weighted by Gasteiger charge is 2.38. The molecule has 1 heterocycles. The summed E-state index contributed by atoms with van der Waals surface area (Å²) in [7, 11) is 0. The van der Waals surface area contributed by atoms with Gasteiger partial charge in [-0.15, -0.1) is 0 Å². The Kier molecular flexibility index (Phi) is 9.13. The van der Waals surface area contributed by atoms with Crippen molar-refractivity contribution in [2.45, 2.75) is 132 Å². The van der Waals surface area contributed by atoms with Crippen molar-refractivity contribution in [3.8, 4) is 0 Å². The molecule has 1 aromatic rings. The Morgan fingerprint density at radius 1 is 0.939 bits per heavy atom. The van der Waals surface area contributed by atoms with Crippen molar-refractivity contribution in [2.75, 3.05) is 0 Å². The van der Waals surface area contributed by atoms with Crippen molar-refractivity contribution < 1.29 is 0 Å². The minimum atomic E-state index is 0.504. The largest absolute Gasteiger partial charge is 0.260 e. The molecule has 0 aromatic carbocycles. The highest BCUT2D eigenvalue weighted by molar-refractivity contribution is 5.30. The molecule has 6 atom stereocenters. The zero-order chi connectivity index (χ0) is 24.3. The summed E-state index contributed by atoms with van der Waals surface area (Å²) in [4.78, 5) is 4.94. The molecule has 0 N–H and O–H groups in total. The second-order valence-corrected chi connectivity index (χ2v) is 13.7. The SMILES string of the molecule is CC(C)c1cc(CC(C)C2CC(CC(C)C3CCCCC3(C)C)CCC2C)cnc1C(C)C. The summed E-state index contributed by atoms with van der Waals surface area (Å²) in [5, 5.41) is 0. The molecule has 0 aliphatic heterocycles. The highest BCUT2D eigenvalue weighted by Crippen LogP contribution is 2.48. The first-order chi connectivity index (χ1) is 15.5.